The molecule has 1 atom stereocenters. The van der Waals surface area contributed by atoms with Gasteiger partial charge < -0.3 is 4.55 Å². The molecule has 0 spiro atoms. The van der Waals surface area contributed by atoms with Gasteiger partial charge in [0.05, 0.1) is 0 Å². The molecular formula is CHLiO3S. The van der Waals surface area contributed by atoms with Crippen LogP contribution in [0.2, 0.25) is 0 Å². The Morgan fingerprint density at radius 1 is 1.67 bits per heavy atom. The smallest absolute Gasteiger partial charge is 0.766 e. The third-order valence-electron chi connectivity index (χ3n) is 0.0786. The molecule has 0 heterocycles. The molecule has 0 bridgehead atoms. The van der Waals surface area contributed by atoms with Crippen molar-refractivity contribution in [2.45, 2.75) is 0 Å². The van der Waals surface area contributed by atoms with E-state index in [4.69, 9.17) is 13.6 Å². The van der Waals surface area contributed by atoms with Gasteiger partial charge in [0, 0.05) is 11.1 Å². The monoisotopic (exact) mass is 100.0 g/mol. The first kappa shape index (κ1) is 9.62. The molecule has 3 nitrogen and oxygen atoms in total. The molecule has 0 saturated heterocycles. The Kier molecular flexibility index (Phi) is 8.63. The van der Waals surface area contributed by atoms with Gasteiger partial charge in [-0.3, -0.25) is 9.00 Å². The van der Waals surface area contributed by atoms with Crippen molar-refractivity contribution in [3.8, 4) is 0 Å². The second kappa shape index (κ2) is 5.38. The molecule has 1 unspecified atom stereocenters. The quantitative estimate of drug-likeness (QED) is 0.192. The molecule has 0 radical (unpaired) electrons. The van der Waals surface area contributed by atoms with Crippen LogP contribution in [0.25, 0.3) is 0 Å². The van der Waals surface area contributed by atoms with Gasteiger partial charge in [0.2, 0.25) is 0 Å². The fourth-order valence-electron chi connectivity index (χ4n) is 0. The maximum Gasteiger partial charge on any atom is 1.00 e. The van der Waals surface area contributed by atoms with E-state index in [9.17, 15) is 0 Å². The molecule has 0 aromatic heterocycles. The van der Waals surface area contributed by atoms with Gasteiger partial charge in [-0.25, -0.2) is 0 Å². The van der Waals surface area contributed by atoms with E-state index in [-0.39, 0.29) is 24.5 Å². The summed E-state index contributed by atoms with van der Waals surface area (Å²) in [5.41, 5.74) is -0.167. The van der Waals surface area contributed by atoms with Crippen LogP contribution >= 0.6 is 0 Å². The van der Waals surface area contributed by atoms with Crippen molar-refractivity contribution in [1.82, 2.24) is 0 Å². The average Bonchev–Trinajstić information content (AvgIpc) is 1.38. The van der Waals surface area contributed by atoms with E-state index in [0.29, 0.717) is 0 Å². The molecule has 0 aromatic carbocycles. The summed E-state index contributed by atoms with van der Waals surface area (Å²) in [6.45, 7) is 0. The van der Waals surface area contributed by atoms with Crippen molar-refractivity contribution in [1.29, 1.82) is 0 Å². The number of hydrogen-bond donors (Lipinski definition) is 0. The molecule has 0 aliphatic heterocycles. The van der Waals surface area contributed by atoms with Crippen LogP contribution in [0.15, 0.2) is 0 Å². The van der Waals surface area contributed by atoms with E-state index in [1.807, 2.05) is 0 Å². The maximum atomic E-state index is 9.00. The first-order valence-electron chi connectivity index (χ1n) is 0.805. The zero-order valence-electron chi connectivity index (χ0n) is 3.21. The Hall–Kier alpha value is 0.377. The minimum atomic E-state index is -2.50. The van der Waals surface area contributed by atoms with Crippen LogP contribution in [-0.2, 0) is 15.9 Å². The fourth-order valence-corrected chi connectivity index (χ4v) is 0. The first-order chi connectivity index (χ1) is 2.27. The van der Waals surface area contributed by atoms with Gasteiger partial charge in [0.25, 0.3) is 0 Å². The molecule has 0 fully saturated rings. The third-order valence-corrected chi connectivity index (χ3v) is 0.236. The van der Waals surface area contributed by atoms with Crippen molar-refractivity contribution < 1.29 is 32.4 Å². The fraction of sp³-hybridized carbons (Fsp3) is 0. The predicted molar refractivity (Wildman–Crippen MR) is 15.7 cm³/mol. The number of rotatable bonds is 1. The third kappa shape index (κ3) is 8.83. The molecule has 0 aromatic rings. The normalized spacial score (nSPS) is 11.5. The van der Waals surface area contributed by atoms with Crippen LogP contribution in [0.1, 0.15) is 0 Å². The number of carbonyl (C=O) groups is 1. The summed E-state index contributed by atoms with van der Waals surface area (Å²) in [6.07, 6.45) is 0. The Bertz CT molecular complexity index is 61.8. The molecule has 6 heavy (non-hydrogen) atoms. The summed E-state index contributed by atoms with van der Waals surface area (Å²) in [7, 11) is 0. The molecule has 0 N–H and O–H groups in total. The van der Waals surface area contributed by atoms with Crippen LogP contribution < -0.4 is 18.9 Å². The Morgan fingerprint density at radius 2 is 1.83 bits per heavy atom. The van der Waals surface area contributed by atoms with Gasteiger partial charge in [-0.1, -0.05) is 0 Å². The molecule has 0 rings (SSSR count). The Morgan fingerprint density at radius 3 is 1.83 bits per heavy atom. The minimum absolute atomic E-state index is 0. The molecule has 30 valence electrons. The van der Waals surface area contributed by atoms with Gasteiger partial charge in [-0.2, -0.15) is 0 Å². The SMILES string of the molecule is O=CS(=O)[O-].[Li+]. The van der Waals surface area contributed by atoms with Crippen molar-refractivity contribution in [2.24, 2.45) is 0 Å². The second-order valence-corrected chi connectivity index (χ2v) is 1.07. The van der Waals surface area contributed by atoms with Crippen LogP contribution in [0.5, 0.6) is 0 Å². The zero-order valence-corrected chi connectivity index (χ0v) is 4.03. The van der Waals surface area contributed by atoms with E-state index in [0.717, 1.165) is 0 Å². The molecule has 5 heteroatoms. The molecule has 0 aliphatic carbocycles. The molecule has 0 saturated carbocycles. The van der Waals surface area contributed by atoms with Crippen molar-refractivity contribution in [2.75, 3.05) is 0 Å². The van der Waals surface area contributed by atoms with Crippen molar-refractivity contribution in [3.05, 3.63) is 0 Å². The van der Waals surface area contributed by atoms with Crippen LogP contribution in [0.4, 0.5) is 0 Å². The molecule has 0 amide bonds. The van der Waals surface area contributed by atoms with Gasteiger partial charge in [0.1, 0.15) is 0 Å². The number of hydrogen-bond acceptors (Lipinski definition) is 3. The summed E-state index contributed by atoms with van der Waals surface area (Å²) < 4.78 is 18.0. The first-order valence-corrected chi connectivity index (χ1v) is 1.94. The van der Waals surface area contributed by atoms with Gasteiger partial charge >= 0.3 is 18.9 Å². The Balaban J connectivity index is 0. The number of carbonyl (C=O) groups excluding carboxylic acids is 1. The standard InChI is InChI=1S/CH2O3S.Li/c2-1-5(3)4;/h1H,(H,3,4);/q;+1/p-1. The van der Waals surface area contributed by atoms with E-state index < -0.39 is 11.1 Å². The van der Waals surface area contributed by atoms with Crippen molar-refractivity contribution >= 4 is 16.7 Å². The van der Waals surface area contributed by atoms with Crippen molar-refractivity contribution in [3.63, 3.8) is 0 Å². The van der Waals surface area contributed by atoms with Gasteiger partial charge in [-0.05, 0) is 0 Å². The average molecular weight is 100 g/mol. The van der Waals surface area contributed by atoms with E-state index in [2.05, 4.69) is 0 Å². The van der Waals surface area contributed by atoms with Crippen LogP contribution in [0, 0.1) is 0 Å². The summed E-state index contributed by atoms with van der Waals surface area (Å²) in [6, 6.07) is 0. The second-order valence-electron chi connectivity index (χ2n) is 0.357. The zero-order chi connectivity index (χ0) is 4.28. The Labute approximate surface area is 49.6 Å². The summed E-state index contributed by atoms with van der Waals surface area (Å²) in [4.78, 5) is 8.89. The summed E-state index contributed by atoms with van der Waals surface area (Å²) >= 11 is -2.50. The minimum Gasteiger partial charge on any atom is -0.766 e. The van der Waals surface area contributed by atoms with E-state index >= 15 is 0 Å². The molecule has 0 aliphatic rings. The van der Waals surface area contributed by atoms with E-state index in [1.165, 1.54) is 0 Å². The van der Waals surface area contributed by atoms with Gasteiger partial charge in [0.15, 0.2) is 5.62 Å². The van der Waals surface area contributed by atoms with Gasteiger partial charge in [-0.15, -0.1) is 0 Å². The van der Waals surface area contributed by atoms with Crippen LogP contribution in [0.3, 0.4) is 0 Å². The maximum absolute atomic E-state index is 9.00. The summed E-state index contributed by atoms with van der Waals surface area (Å²) in [5.74, 6) is 0. The topological polar surface area (TPSA) is 57.2 Å². The van der Waals surface area contributed by atoms with E-state index in [1.54, 1.807) is 0 Å². The molecular weight excluding hydrogens is 99.0 g/mol. The summed E-state index contributed by atoms with van der Waals surface area (Å²) in [5, 5.41) is 0. The largest absolute Gasteiger partial charge is 1.00 e. The van der Waals surface area contributed by atoms with Crippen LogP contribution in [-0.4, -0.2) is 14.4 Å². The predicted octanol–water partition coefficient (Wildman–Crippen LogP) is -3.94.